The normalized spacial score (nSPS) is 12.5. The second-order valence-corrected chi connectivity index (χ2v) is 4.03. The van der Waals surface area contributed by atoms with Crippen molar-refractivity contribution in [3.8, 4) is 0 Å². The number of rotatable bonds is 6. The topological polar surface area (TPSA) is 58.5 Å². The van der Waals surface area contributed by atoms with Gasteiger partial charge in [0.25, 0.3) is 0 Å². The highest BCUT2D eigenvalue weighted by atomic mass is 16.5. The van der Waals surface area contributed by atoms with Crippen molar-refractivity contribution in [3.63, 3.8) is 0 Å². The van der Waals surface area contributed by atoms with Crippen LogP contribution in [0, 0.1) is 6.92 Å². The fourth-order valence-corrected chi connectivity index (χ4v) is 1.75. The second kappa shape index (κ2) is 6.51. The minimum atomic E-state index is -0.0220. The van der Waals surface area contributed by atoms with Crippen LogP contribution in [0.4, 0.5) is 5.95 Å². The molecule has 1 aromatic rings. The summed E-state index contributed by atoms with van der Waals surface area (Å²) in [7, 11) is 1.69. The van der Waals surface area contributed by atoms with Gasteiger partial charge in [-0.25, -0.2) is 9.97 Å². The van der Waals surface area contributed by atoms with E-state index in [0.717, 1.165) is 17.8 Å². The fraction of sp³-hybridized carbons (Fsp3) is 0.667. The van der Waals surface area contributed by atoms with Crippen LogP contribution in [0.1, 0.15) is 25.1 Å². The molecule has 1 heterocycles. The van der Waals surface area contributed by atoms with Gasteiger partial charge in [0.05, 0.1) is 19.3 Å². The average molecular weight is 239 g/mol. The van der Waals surface area contributed by atoms with Gasteiger partial charge in [0.1, 0.15) is 0 Å². The van der Waals surface area contributed by atoms with Gasteiger partial charge in [0.2, 0.25) is 5.95 Å². The maximum atomic E-state index is 9.08. The molecule has 1 atom stereocenters. The summed E-state index contributed by atoms with van der Waals surface area (Å²) >= 11 is 0. The molecule has 0 saturated heterocycles. The van der Waals surface area contributed by atoms with Crippen molar-refractivity contribution >= 4 is 5.95 Å². The van der Waals surface area contributed by atoms with Gasteiger partial charge < -0.3 is 14.7 Å². The van der Waals surface area contributed by atoms with Crippen LogP contribution in [0.2, 0.25) is 0 Å². The zero-order valence-electron chi connectivity index (χ0n) is 11.0. The number of hydrogen-bond donors (Lipinski definition) is 1. The highest BCUT2D eigenvalue weighted by Gasteiger charge is 2.15. The van der Waals surface area contributed by atoms with Gasteiger partial charge in [-0.1, -0.05) is 0 Å². The van der Waals surface area contributed by atoms with Gasteiger partial charge in [-0.2, -0.15) is 0 Å². The van der Waals surface area contributed by atoms with Crippen molar-refractivity contribution in [2.24, 2.45) is 0 Å². The van der Waals surface area contributed by atoms with Crippen molar-refractivity contribution in [2.75, 3.05) is 25.2 Å². The van der Waals surface area contributed by atoms with Crippen LogP contribution >= 0.6 is 0 Å². The predicted molar refractivity (Wildman–Crippen MR) is 67.0 cm³/mol. The van der Waals surface area contributed by atoms with Gasteiger partial charge >= 0.3 is 0 Å². The van der Waals surface area contributed by atoms with Crippen LogP contribution < -0.4 is 4.90 Å². The third-order valence-electron chi connectivity index (χ3n) is 2.78. The van der Waals surface area contributed by atoms with E-state index in [4.69, 9.17) is 9.84 Å². The highest BCUT2D eigenvalue weighted by Crippen LogP contribution is 2.14. The molecule has 0 aromatic carbocycles. The number of aryl methyl sites for hydroxylation is 1. The number of methoxy groups -OCH3 is 1. The number of aromatic nitrogens is 2. The SMILES string of the molecule is CCN(c1ncc(CO)c(C)n1)C(C)COC. The van der Waals surface area contributed by atoms with E-state index in [-0.39, 0.29) is 12.6 Å². The Morgan fingerprint density at radius 2 is 2.24 bits per heavy atom. The zero-order chi connectivity index (χ0) is 12.8. The number of aliphatic hydroxyl groups excluding tert-OH is 1. The molecular formula is C12H21N3O2. The van der Waals surface area contributed by atoms with Gasteiger partial charge in [0, 0.05) is 31.1 Å². The standard InChI is InChI=1S/C12H21N3O2/c1-5-15(9(2)8-17-4)12-13-6-11(7-16)10(3)14-12/h6,9,16H,5,7-8H2,1-4H3. The zero-order valence-corrected chi connectivity index (χ0v) is 11.0. The summed E-state index contributed by atoms with van der Waals surface area (Å²) in [5.74, 6) is 0.687. The summed E-state index contributed by atoms with van der Waals surface area (Å²) in [4.78, 5) is 10.8. The van der Waals surface area contributed by atoms with E-state index in [1.54, 1.807) is 13.3 Å². The molecule has 0 saturated carbocycles. The van der Waals surface area contributed by atoms with Crippen LogP contribution in [-0.2, 0) is 11.3 Å². The first kappa shape index (κ1) is 13.9. The maximum Gasteiger partial charge on any atom is 0.225 e. The molecule has 0 aliphatic heterocycles. The number of hydrogen-bond acceptors (Lipinski definition) is 5. The lowest BCUT2D eigenvalue weighted by atomic mass is 10.2. The number of likely N-dealkylation sites (N-methyl/N-ethyl adjacent to an activating group) is 1. The molecular weight excluding hydrogens is 218 g/mol. The summed E-state index contributed by atoms with van der Waals surface area (Å²) in [6.45, 7) is 7.45. The summed E-state index contributed by atoms with van der Waals surface area (Å²) in [5, 5.41) is 9.08. The third kappa shape index (κ3) is 3.38. The van der Waals surface area contributed by atoms with Crippen molar-refractivity contribution in [1.82, 2.24) is 9.97 Å². The van der Waals surface area contributed by atoms with E-state index in [1.165, 1.54) is 0 Å². The monoisotopic (exact) mass is 239 g/mol. The van der Waals surface area contributed by atoms with Crippen LogP contribution in [0.3, 0.4) is 0 Å². The first-order valence-corrected chi connectivity index (χ1v) is 5.83. The summed E-state index contributed by atoms with van der Waals surface area (Å²) < 4.78 is 5.15. The predicted octanol–water partition coefficient (Wildman–Crippen LogP) is 1.14. The van der Waals surface area contributed by atoms with Gasteiger partial charge in [0.15, 0.2) is 0 Å². The van der Waals surface area contributed by atoms with E-state index in [1.807, 2.05) is 6.92 Å². The van der Waals surface area contributed by atoms with E-state index >= 15 is 0 Å². The lowest BCUT2D eigenvalue weighted by Crippen LogP contribution is -2.37. The van der Waals surface area contributed by atoms with Crippen molar-refractivity contribution < 1.29 is 9.84 Å². The average Bonchev–Trinajstić information content (AvgIpc) is 2.30. The second-order valence-electron chi connectivity index (χ2n) is 4.03. The van der Waals surface area contributed by atoms with Crippen molar-refractivity contribution in [2.45, 2.75) is 33.4 Å². The number of nitrogens with zero attached hydrogens (tertiary/aromatic N) is 3. The Hall–Kier alpha value is -1.20. The molecule has 1 rings (SSSR count). The summed E-state index contributed by atoms with van der Waals surface area (Å²) in [5.41, 5.74) is 1.59. The Kier molecular flexibility index (Phi) is 5.31. The molecule has 0 radical (unpaired) electrons. The molecule has 0 bridgehead atoms. The van der Waals surface area contributed by atoms with E-state index in [2.05, 4.69) is 28.7 Å². The quantitative estimate of drug-likeness (QED) is 0.806. The summed E-state index contributed by atoms with van der Waals surface area (Å²) in [6.07, 6.45) is 1.68. The van der Waals surface area contributed by atoms with E-state index in [9.17, 15) is 0 Å². The molecule has 17 heavy (non-hydrogen) atoms. The highest BCUT2D eigenvalue weighted by molar-refractivity contribution is 5.33. The first-order chi connectivity index (χ1) is 8.13. The molecule has 0 spiro atoms. The van der Waals surface area contributed by atoms with E-state index < -0.39 is 0 Å². The van der Waals surface area contributed by atoms with Crippen molar-refractivity contribution in [3.05, 3.63) is 17.5 Å². The minimum absolute atomic E-state index is 0.0220. The molecule has 1 N–H and O–H groups in total. The Labute approximate surface area is 102 Å². The van der Waals surface area contributed by atoms with Crippen LogP contribution in [0.25, 0.3) is 0 Å². The Morgan fingerprint density at radius 1 is 1.53 bits per heavy atom. The van der Waals surface area contributed by atoms with Crippen LogP contribution in [-0.4, -0.2) is 41.4 Å². The lowest BCUT2D eigenvalue weighted by Gasteiger charge is -2.27. The lowest BCUT2D eigenvalue weighted by molar-refractivity contribution is 0.181. The number of ether oxygens (including phenoxy) is 1. The molecule has 0 aliphatic carbocycles. The number of anilines is 1. The van der Waals surface area contributed by atoms with Gasteiger partial charge in [-0.15, -0.1) is 0 Å². The largest absolute Gasteiger partial charge is 0.392 e. The minimum Gasteiger partial charge on any atom is -0.392 e. The summed E-state index contributed by atoms with van der Waals surface area (Å²) in [6, 6.07) is 0.226. The molecule has 5 nitrogen and oxygen atoms in total. The maximum absolute atomic E-state index is 9.08. The third-order valence-corrected chi connectivity index (χ3v) is 2.78. The molecule has 0 aliphatic rings. The Morgan fingerprint density at radius 3 is 2.71 bits per heavy atom. The van der Waals surface area contributed by atoms with Crippen LogP contribution in [0.5, 0.6) is 0 Å². The first-order valence-electron chi connectivity index (χ1n) is 5.83. The fourth-order valence-electron chi connectivity index (χ4n) is 1.75. The molecule has 5 heteroatoms. The molecule has 1 aromatic heterocycles. The number of aliphatic hydroxyl groups is 1. The van der Waals surface area contributed by atoms with E-state index in [0.29, 0.717) is 12.6 Å². The molecule has 0 fully saturated rings. The Balaban J connectivity index is 2.92. The van der Waals surface area contributed by atoms with Crippen LogP contribution in [0.15, 0.2) is 6.20 Å². The molecule has 1 unspecified atom stereocenters. The van der Waals surface area contributed by atoms with Gasteiger partial charge in [-0.3, -0.25) is 0 Å². The van der Waals surface area contributed by atoms with Crippen molar-refractivity contribution in [1.29, 1.82) is 0 Å². The molecule has 96 valence electrons. The van der Waals surface area contributed by atoms with Gasteiger partial charge in [-0.05, 0) is 20.8 Å². The Bertz CT molecular complexity index is 358. The smallest absolute Gasteiger partial charge is 0.225 e. The molecule has 0 amide bonds.